The molecule has 0 aliphatic heterocycles. The van der Waals surface area contributed by atoms with Crippen molar-refractivity contribution in [3.8, 4) is 0 Å². The van der Waals surface area contributed by atoms with E-state index in [1.54, 1.807) is 12.1 Å². The summed E-state index contributed by atoms with van der Waals surface area (Å²) in [6, 6.07) is 4.96. The monoisotopic (exact) mass is 392 g/mol. The van der Waals surface area contributed by atoms with Gasteiger partial charge in [-0.25, -0.2) is 0 Å². The number of anilines is 2. The Morgan fingerprint density at radius 2 is 2.11 bits per heavy atom. The normalized spacial score (nSPS) is 10.4. The van der Waals surface area contributed by atoms with Crippen molar-refractivity contribution in [1.82, 2.24) is 0 Å². The van der Waals surface area contributed by atoms with E-state index in [-0.39, 0.29) is 16.7 Å². The van der Waals surface area contributed by atoms with Gasteiger partial charge >= 0.3 is 0 Å². The van der Waals surface area contributed by atoms with Crippen LogP contribution in [0.3, 0.4) is 0 Å². The standard InChI is InChI=1S/C11H7Br2ClN2O2/c12-5-3-7(13)9(8(15)4-5)16-11(17)6-1-2-18-10(6)14/h1-4H,15H2,(H,16,17). The molecule has 2 aromatic rings. The predicted octanol–water partition coefficient (Wildman–Crippen LogP) is 4.29. The second kappa shape index (κ2) is 5.34. The summed E-state index contributed by atoms with van der Waals surface area (Å²) < 4.78 is 6.34. The topological polar surface area (TPSA) is 68.3 Å². The van der Waals surface area contributed by atoms with Crippen LogP contribution in [0.4, 0.5) is 11.4 Å². The Bertz CT molecular complexity index is 590. The van der Waals surface area contributed by atoms with Gasteiger partial charge in [0.05, 0.1) is 23.2 Å². The number of carbonyl (C=O) groups is 1. The number of carbonyl (C=O) groups excluding carboxylic acids is 1. The maximum Gasteiger partial charge on any atom is 0.260 e. The van der Waals surface area contributed by atoms with Gasteiger partial charge in [0.2, 0.25) is 5.22 Å². The number of hydrogen-bond acceptors (Lipinski definition) is 3. The lowest BCUT2D eigenvalue weighted by Gasteiger charge is -2.10. The third kappa shape index (κ3) is 2.71. The highest BCUT2D eigenvalue weighted by atomic mass is 79.9. The van der Waals surface area contributed by atoms with Gasteiger partial charge in [0.25, 0.3) is 5.91 Å². The zero-order valence-corrected chi connectivity index (χ0v) is 12.8. The number of nitrogen functional groups attached to an aromatic ring is 1. The van der Waals surface area contributed by atoms with Crippen molar-refractivity contribution < 1.29 is 9.21 Å². The van der Waals surface area contributed by atoms with E-state index in [1.165, 1.54) is 12.3 Å². The Labute approximate surface area is 125 Å². The number of furan rings is 1. The Kier molecular flexibility index (Phi) is 3.99. The molecule has 7 heteroatoms. The van der Waals surface area contributed by atoms with Gasteiger partial charge in [0.15, 0.2) is 0 Å². The molecule has 1 amide bonds. The van der Waals surface area contributed by atoms with Crippen molar-refractivity contribution in [2.75, 3.05) is 11.1 Å². The Morgan fingerprint density at radius 1 is 1.39 bits per heavy atom. The van der Waals surface area contributed by atoms with E-state index in [1.807, 2.05) is 0 Å². The summed E-state index contributed by atoms with van der Waals surface area (Å²) in [4.78, 5) is 11.9. The van der Waals surface area contributed by atoms with E-state index in [0.29, 0.717) is 15.8 Å². The summed E-state index contributed by atoms with van der Waals surface area (Å²) in [5.74, 6) is -0.386. The van der Waals surface area contributed by atoms with Crippen molar-refractivity contribution in [3.05, 3.63) is 44.2 Å². The molecule has 0 aliphatic carbocycles. The molecule has 0 radical (unpaired) electrons. The van der Waals surface area contributed by atoms with Crippen LogP contribution >= 0.6 is 43.5 Å². The van der Waals surface area contributed by atoms with E-state index in [9.17, 15) is 4.79 Å². The van der Waals surface area contributed by atoms with E-state index in [4.69, 9.17) is 21.8 Å². The third-order valence-corrected chi connectivity index (χ3v) is 3.56. The summed E-state index contributed by atoms with van der Waals surface area (Å²) >= 11 is 12.4. The minimum absolute atomic E-state index is 0.0410. The molecule has 1 heterocycles. The number of nitrogens with two attached hydrogens (primary N) is 1. The molecular formula is C11H7Br2ClN2O2. The lowest BCUT2D eigenvalue weighted by Crippen LogP contribution is -2.13. The fourth-order valence-electron chi connectivity index (χ4n) is 1.36. The molecule has 94 valence electrons. The molecule has 4 nitrogen and oxygen atoms in total. The second-order valence-corrected chi connectivity index (χ2v) is 5.53. The first-order chi connectivity index (χ1) is 8.49. The molecule has 0 spiro atoms. The van der Waals surface area contributed by atoms with E-state index in [0.717, 1.165) is 4.47 Å². The molecule has 0 unspecified atom stereocenters. The van der Waals surface area contributed by atoms with Crippen LogP contribution in [-0.2, 0) is 0 Å². The fraction of sp³-hybridized carbons (Fsp3) is 0. The molecule has 2 rings (SSSR count). The number of benzene rings is 1. The van der Waals surface area contributed by atoms with Gasteiger partial charge in [0, 0.05) is 8.95 Å². The summed E-state index contributed by atoms with van der Waals surface area (Å²) in [6.45, 7) is 0. The van der Waals surface area contributed by atoms with E-state index < -0.39 is 0 Å². The maximum atomic E-state index is 11.9. The quantitative estimate of drug-likeness (QED) is 0.747. The minimum atomic E-state index is -0.386. The highest BCUT2D eigenvalue weighted by molar-refractivity contribution is 9.11. The Morgan fingerprint density at radius 3 is 2.67 bits per heavy atom. The number of nitrogens with one attached hydrogen (secondary N) is 1. The number of rotatable bonds is 2. The highest BCUT2D eigenvalue weighted by Crippen LogP contribution is 2.33. The molecule has 1 aromatic carbocycles. The zero-order chi connectivity index (χ0) is 13.3. The Balaban J connectivity index is 2.31. The van der Waals surface area contributed by atoms with Crippen molar-refractivity contribution >= 4 is 60.7 Å². The average Bonchev–Trinajstić information content (AvgIpc) is 2.69. The van der Waals surface area contributed by atoms with Gasteiger partial charge in [-0.3, -0.25) is 4.79 Å². The van der Waals surface area contributed by atoms with Gasteiger partial charge in [0.1, 0.15) is 0 Å². The third-order valence-electron chi connectivity index (χ3n) is 2.19. The molecule has 0 bridgehead atoms. The fourth-order valence-corrected chi connectivity index (χ4v) is 2.92. The van der Waals surface area contributed by atoms with Gasteiger partial charge in [-0.1, -0.05) is 15.9 Å². The van der Waals surface area contributed by atoms with Crippen LogP contribution in [0.15, 0.2) is 37.8 Å². The highest BCUT2D eigenvalue weighted by Gasteiger charge is 2.16. The van der Waals surface area contributed by atoms with E-state index >= 15 is 0 Å². The predicted molar refractivity (Wildman–Crippen MR) is 77.9 cm³/mol. The molecule has 0 atom stereocenters. The molecule has 0 fully saturated rings. The van der Waals surface area contributed by atoms with Crippen molar-refractivity contribution in [2.24, 2.45) is 0 Å². The van der Waals surface area contributed by atoms with Crippen LogP contribution in [-0.4, -0.2) is 5.91 Å². The summed E-state index contributed by atoms with van der Waals surface area (Å²) in [6.07, 6.45) is 1.34. The van der Waals surface area contributed by atoms with Gasteiger partial charge in [-0.05, 0) is 45.7 Å². The largest absolute Gasteiger partial charge is 0.452 e. The smallest absolute Gasteiger partial charge is 0.260 e. The van der Waals surface area contributed by atoms with Gasteiger partial charge in [-0.2, -0.15) is 0 Å². The lowest BCUT2D eigenvalue weighted by molar-refractivity contribution is 0.102. The van der Waals surface area contributed by atoms with Crippen LogP contribution in [0.1, 0.15) is 10.4 Å². The van der Waals surface area contributed by atoms with E-state index in [2.05, 4.69) is 37.2 Å². The maximum absolute atomic E-state index is 11.9. The van der Waals surface area contributed by atoms with Crippen molar-refractivity contribution in [1.29, 1.82) is 0 Å². The minimum Gasteiger partial charge on any atom is -0.452 e. The molecular weight excluding hydrogens is 387 g/mol. The Hall–Kier alpha value is -0.980. The molecule has 0 aliphatic rings. The SMILES string of the molecule is Nc1cc(Br)cc(Br)c1NC(=O)c1ccoc1Cl. The molecule has 0 saturated carbocycles. The van der Waals surface area contributed by atoms with Gasteiger partial charge in [-0.15, -0.1) is 0 Å². The first-order valence-corrected chi connectivity index (χ1v) is 6.74. The summed E-state index contributed by atoms with van der Waals surface area (Å²) in [7, 11) is 0. The number of halogens is 3. The summed E-state index contributed by atoms with van der Waals surface area (Å²) in [5.41, 5.74) is 7.01. The van der Waals surface area contributed by atoms with Crippen molar-refractivity contribution in [3.63, 3.8) is 0 Å². The number of hydrogen-bond donors (Lipinski definition) is 2. The average molecular weight is 394 g/mol. The van der Waals surface area contributed by atoms with Crippen LogP contribution in [0.25, 0.3) is 0 Å². The lowest BCUT2D eigenvalue weighted by atomic mass is 10.2. The molecule has 3 N–H and O–H groups in total. The van der Waals surface area contributed by atoms with Crippen LogP contribution < -0.4 is 11.1 Å². The van der Waals surface area contributed by atoms with Gasteiger partial charge < -0.3 is 15.5 Å². The van der Waals surface area contributed by atoms with Crippen LogP contribution in [0.5, 0.6) is 0 Å². The first kappa shape index (κ1) is 13.5. The summed E-state index contributed by atoms with van der Waals surface area (Å²) in [5, 5.41) is 2.71. The second-order valence-electron chi connectivity index (χ2n) is 3.41. The van der Waals surface area contributed by atoms with Crippen molar-refractivity contribution in [2.45, 2.75) is 0 Å². The molecule has 0 saturated heterocycles. The van der Waals surface area contributed by atoms with Crippen LogP contribution in [0.2, 0.25) is 5.22 Å². The van der Waals surface area contributed by atoms with Crippen LogP contribution in [0, 0.1) is 0 Å². The number of amides is 1. The first-order valence-electron chi connectivity index (χ1n) is 4.78. The molecule has 18 heavy (non-hydrogen) atoms. The molecule has 1 aromatic heterocycles. The zero-order valence-electron chi connectivity index (χ0n) is 8.84.